The number of amides is 1. The number of hydrogen-bond donors (Lipinski definition) is 3. The van der Waals surface area contributed by atoms with Gasteiger partial charge in [-0.2, -0.15) is 0 Å². The lowest BCUT2D eigenvalue weighted by Crippen LogP contribution is -2.27. The Morgan fingerprint density at radius 2 is 2.05 bits per heavy atom. The fraction of sp³-hybridized carbons (Fsp3) is 0.273. The lowest BCUT2D eigenvalue weighted by Gasteiger charge is -2.04. The van der Waals surface area contributed by atoms with Crippen LogP contribution in [0.2, 0.25) is 0 Å². The first kappa shape index (κ1) is 14.8. The molecule has 19 heavy (non-hydrogen) atoms. The van der Waals surface area contributed by atoms with Gasteiger partial charge in [0.25, 0.3) is 0 Å². The van der Waals surface area contributed by atoms with Crippen LogP contribution in [-0.2, 0) is 14.4 Å². The number of carbonyl (C=O) groups is 3. The number of carbonyl (C=O) groups excluding carboxylic acids is 1. The van der Waals surface area contributed by atoms with E-state index in [1.54, 1.807) is 10.9 Å². The van der Waals surface area contributed by atoms with E-state index in [-0.39, 0.29) is 25.0 Å². The summed E-state index contributed by atoms with van der Waals surface area (Å²) in [7, 11) is 0. The monoisotopic (exact) mass is 284 g/mol. The van der Waals surface area contributed by atoms with E-state index in [4.69, 9.17) is 10.2 Å². The molecule has 0 fully saturated rings. The van der Waals surface area contributed by atoms with Crippen LogP contribution in [0.15, 0.2) is 16.6 Å². The molecule has 0 saturated heterocycles. The number of hydrogen-bond acceptors (Lipinski definition) is 5. The minimum Gasteiger partial charge on any atom is -0.481 e. The Kier molecular flexibility index (Phi) is 5.68. The molecule has 8 heteroatoms. The molecule has 1 aromatic heterocycles. The van der Waals surface area contributed by atoms with E-state index >= 15 is 0 Å². The number of aliphatic carboxylic acids is 2. The number of thiazole rings is 1. The largest absolute Gasteiger partial charge is 0.481 e. The number of carboxylic acid groups (broad SMARTS) is 2. The van der Waals surface area contributed by atoms with Crippen LogP contribution < -0.4 is 5.32 Å². The second-order valence-electron chi connectivity index (χ2n) is 3.57. The van der Waals surface area contributed by atoms with Crippen LogP contribution >= 0.6 is 11.3 Å². The second-order valence-corrected chi connectivity index (χ2v) is 4.29. The lowest BCUT2D eigenvalue weighted by molar-refractivity contribution is -0.137. The first-order chi connectivity index (χ1) is 8.99. The van der Waals surface area contributed by atoms with Crippen molar-refractivity contribution in [2.45, 2.75) is 19.3 Å². The maximum atomic E-state index is 11.4. The quantitative estimate of drug-likeness (QED) is 0.641. The maximum absolute atomic E-state index is 11.4. The van der Waals surface area contributed by atoms with Crippen LogP contribution in [0.5, 0.6) is 0 Å². The molecule has 1 amide bonds. The van der Waals surface area contributed by atoms with Gasteiger partial charge in [0, 0.05) is 18.2 Å². The van der Waals surface area contributed by atoms with E-state index < -0.39 is 17.8 Å². The highest BCUT2D eigenvalue weighted by Crippen LogP contribution is 2.06. The summed E-state index contributed by atoms with van der Waals surface area (Å²) in [6, 6.07) is 0. The second kappa shape index (κ2) is 7.27. The van der Waals surface area contributed by atoms with Crippen LogP contribution in [0.1, 0.15) is 25.0 Å². The Hall–Kier alpha value is -2.22. The molecule has 1 rings (SSSR count). The highest BCUT2D eigenvalue weighted by Gasteiger charge is 2.12. The Morgan fingerprint density at radius 3 is 2.58 bits per heavy atom. The van der Waals surface area contributed by atoms with Gasteiger partial charge < -0.3 is 15.5 Å². The van der Waals surface area contributed by atoms with Crippen molar-refractivity contribution in [3.8, 4) is 0 Å². The van der Waals surface area contributed by atoms with Gasteiger partial charge in [-0.3, -0.25) is 9.59 Å². The van der Waals surface area contributed by atoms with E-state index in [2.05, 4.69) is 10.3 Å². The van der Waals surface area contributed by atoms with Crippen molar-refractivity contribution < 1.29 is 24.6 Å². The van der Waals surface area contributed by atoms with Crippen molar-refractivity contribution in [3.63, 3.8) is 0 Å². The van der Waals surface area contributed by atoms with Gasteiger partial charge in [-0.05, 0) is 12.5 Å². The zero-order valence-electron chi connectivity index (χ0n) is 9.83. The molecule has 1 aromatic rings. The number of rotatable bonds is 7. The topological polar surface area (TPSA) is 117 Å². The fourth-order valence-electron chi connectivity index (χ4n) is 1.21. The van der Waals surface area contributed by atoms with Crippen LogP contribution in [-0.4, -0.2) is 33.0 Å². The third kappa shape index (κ3) is 5.77. The molecule has 0 aromatic carbocycles. The van der Waals surface area contributed by atoms with Crippen molar-refractivity contribution >= 4 is 35.3 Å². The van der Waals surface area contributed by atoms with Crippen molar-refractivity contribution in [3.05, 3.63) is 22.3 Å². The molecule has 0 atom stereocenters. The summed E-state index contributed by atoms with van der Waals surface area (Å²) in [6.45, 7) is 0. The standard InChI is InChI=1S/C11H12N2O5S/c14-9(2-1-3-10(15)16)13-8(11(17)18)4-7-5-19-6-12-7/h4-6H,1-3H2,(H,13,14)(H,15,16)(H,17,18)/b8-4+. The maximum Gasteiger partial charge on any atom is 0.352 e. The van der Waals surface area contributed by atoms with Crippen LogP contribution in [0.3, 0.4) is 0 Å². The van der Waals surface area contributed by atoms with Crippen LogP contribution in [0, 0.1) is 0 Å². The zero-order valence-corrected chi connectivity index (χ0v) is 10.6. The molecule has 0 unspecified atom stereocenters. The summed E-state index contributed by atoms with van der Waals surface area (Å²) >= 11 is 1.30. The molecule has 0 spiro atoms. The summed E-state index contributed by atoms with van der Waals surface area (Å²) in [5, 5.41) is 21.2. The van der Waals surface area contributed by atoms with Gasteiger partial charge in [0.05, 0.1) is 11.2 Å². The van der Waals surface area contributed by atoms with Crippen molar-refractivity contribution in [2.75, 3.05) is 0 Å². The first-order valence-corrected chi connectivity index (χ1v) is 6.28. The minimum absolute atomic E-state index is 0.0476. The molecular weight excluding hydrogens is 272 g/mol. The molecule has 1 heterocycles. The normalized spacial score (nSPS) is 11.1. The predicted octanol–water partition coefficient (Wildman–Crippen LogP) is 0.940. The Labute approximate surface area is 112 Å². The highest BCUT2D eigenvalue weighted by atomic mass is 32.1. The molecule has 0 aliphatic rings. The summed E-state index contributed by atoms with van der Waals surface area (Å²) < 4.78 is 0. The number of nitrogens with one attached hydrogen (secondary N) is 1. The van der Waals surface area contributed by atoms with Gasteiger partial charge >= 0.3 is 11.9 Å². The average Bonchev–Trinajstić information content (AvgIpc) is 2.80. The third-order valence-electron chi connectivity index (χ3n) is 2.04. The lowest BCUT2D eigenvalue weighted by atomic mass is 10.2. The number of nitrogens with zero attached hydrogens (tertiary/aromatic N) is 1. The molecule has 102 valence electrons. The Morgan fingerprint density at radius 1 is 1.32 bits per heavy atom. The van der Waals surface area contributed by atoms with Crippen LogP contribution in [0.25, 0.3) is 6.08 Å². The predicted molar refractivity (Wildman–Crippen MR) is 67.4 cm³/mol. The van der Waals surface area contributed by atoms with Gasteiger partial charge in [-0.25, -0.2) is 9.78 Å². The van der Waals surface area contributed by atoms with E-state index in [0.717, 1.165) is 0 Å². The van der Waals surface area contributed by atoms with E-state index in [0.29, 0.717) is 5.69 Å². The van der Waals surface area contributed by atoms with Crippen molar-refractivity contribution in [1.82, 2.24) is 10.3 Å². The molecule has 3 N–H and O–H groups in total. The van der Waals surface area contributed by atoms with E-state index in [9.17, 15) is 14.4 Å². The fourth-order valence-corrected chi connectivity index (χ4v) is 1.72. The van der Waals surface area contributed by atoms with Gasteiger partial charge in [0.1, 0.15) is 5.70 Å². The Balaban J connectivity index is 2.57. The summed E-state index contributed by atoms with van der Waals surface area (Å²) in [5.74, 6) is -2.81. The van der Waals surface area contributed by atoms with Gasteiger partial charge in [-0.15, -0.1) is 11.3 Å². The van der Waals surface area contributed by atoms with E-state index in [1.165, 1.54) is 17.4 Å². The van der Waals surface area contributed by atoms with Gasteiger partial charge in [0.2, 0.25) is 5.91 Å². The highest BCUT2D eigenvalue weighted by molar-refractivity contribution is 7.07. The van der Waals surface area contributed by atoms with Gasteiger partial charge in [-0.1, -0.05) is 0 Å². The summed E-state index contributed by atoms with van der Waals surface area (Å²) in [6.07, 6.45) is 1.22. The average molecular weight is 284 g/mol. The van der Waals surface area contributed by atoms with Crippen molar-refractivity contribution in [2.24, 2.45) is 0 Å². The smallest absolute Gasteiger partial charge is 0.352 e. The minimum atomic E-state index is -1.28. The third-order valence-corrected chi connectivity index (χ3v) is 2.65. The van der Waals surface area contributed by atoms with E-state index in [1.807, 2.05) is 0 Å². The summed E-state index contributed by atoms with van der Waals surface area (Å²) in [4.78, 5) is 36.5. The molecular formula is C11H12N2O5S. The molecule has 7 nitrogen and oxygen atoms in total. The Bertz CT molecular complexity index is 495. The number of aromatic nitrogens is 1. The molecule has 0 bridgehead atoms. The molecule has 0 aliphatic heterocycles. The molecule has 0 aliphatic carbocycles. The zero-order chi connectivity index (χ0) is 14.3. The van der Waals surface area contributed by atoms with Crippen LogP contribution in [0.4, 0.5) is 0 Å². The number of carboxylic acids is 2. The SMILES string of the molecule is O=C(O)CCCC(=O)N/C(=C/c1cscn1)C(=O)O. The van der Waals surface area contributed by atoms with Gasteiger partial charge in [0.15, 0.2) is 0 Å². The molecule has 0 radical (unpaired) electrons. The molecule has 0 saturated carbocycles. The first-order valence-electron chi connectivity index (χ1n) is 5.34. The summed E-state index contributed by atoms with van der Waals surface area (Å²) in [5.41, 5.74) is 1.69. The van der Waals surface area contributed by atoms with Crippen molar-refractivity contribution in [1.29, 1.82) is 0 Å².